The van der Waals surface area contributed by atoms with Crippen LogP contribution >= 0.6 is 0 Å². The van der Waals surface area contributed by atoms with Crippen molar-refractivity contribution in [3.8, 4) is 0 Å². The summed E-state index contributed by atoms with van der Waals surface area (Å²) in [6.45, 7) is 2.36. The maximum atomic E-state index is 12.2. The summed E-state index contributed by atoms with van der Waals surface area (Å²) in [7, 11) is 0. The van der Waals surface area contributed by atoms with Gasteiger partial charge in [-0.3, -0.25) is 19.2 Å². The highest BCUT2D eigenvalue weighted by atomic mass is 16.4. The maximum absolute atomic E-state index is 12.2. The first kappa shape index (κ1) is 35.8. The highest BCUT2D eigenvalue weighted by Gasteiger charge is 2.24. The second kappa shape index (κ2) is 22.8. The highest BCUT2D eigenvalue weighted by molar-refractivity contribution is 5.86. The van der Waals surface area contributed by atoms with Crippen molar-refractivity contribution < 1.29 is 44.1 Å². The van der Waals surface area contributed by atoms with Crippen LogP contribution < -0.4 is 16.0 Å². The first-order chi connectivity index (χ1) is 18.6. The van der Waals surface area contributed by atoms with E-state index < -0.39 is 41.8 Å². The van der Waals surface area contributed by atoms with Gasteiger partial charge in [0, 0.05) is 32.2 Å². The average molecular weight is 558 g/mol. The molecule has 0 aromatic carbocycles. The molecule has 3 amide bonds. The van der Waals surface area contributed by atoms with E-state index in [1.165, 1.54) is 0 Å². The van der Waals surface area contributed by atoms with Gasteiger partial charge in [-0.25, -0.2) is 9.59 Å². The Balaban J connectivity index is 4.13. The van der Waals surface area contributed by atoms with Gasteiger partial charge in [0.25, 0.3) is 0 Å². The van der Waals surface area contributed by atoms with Crippen LogP contribution in [-0.4, -0.2) is 69.6 Å². The predicted molar refractivity (Wildman–Crippen MR) is 144 cm³/mol. The molecule has 0 saturated heterocycles. The van der Waals surface area contributed by atoms with E-state index in [1.807, 2.05) is 6.92 Å². The molecule has 0 fully saturated rings. The minimum atomic E-state index is -1.29. The van der Waals surface area contributed by atoms with Gasteiger partial charge in [-0.05, 0) is 32.1 Å². The lowest BCUT2D eigenvalue weighted by Crippen LogP contribution is -2.44. The Kier molecular flexibility index (Phi) is 20.9. The zero-order valence-corrected chi connectivity index (χ0v) is 23.2. The van der Waals surface area contributed by atoms with Gasteiger partial charge < -0.3 is 31.3 Å². The lowest BCUT2D eigenvalue weighted by atomic mass is 10.0. The Labute approximate surface area is 230 Å². The molecule has 0 saturated carbocycles. The topological polar surface area (TPSA) is 199 Å². The normalized spacial score (nSPS) is 12.2. The molecule has 0 unspecified atom stereocenters. The molecule has 6 N–H and O–H groups in total. The third-order valence-electron chi connectivity index (χ3n) is 6.20. The Morgan fingerprint density at radius 2 is 0.923 bits per heavy atom. The molecule has 12 nitrogen and oxygen atoms in total. The molecule has 2 atom stereocenters. The van der Waals surface area contributed by atoms with E-state index in [2.05, 4.69) is 16.0 Å². The lowest BCUT2D eigenvalue weighted by molar-refractivity contribution is -0.143. The quantitative estimate of drug-likeness (QED) is 0.0913. The molecule has 0 heterocycles. The van der Waals surface area contributed by atoms with Crippen molar-refractivity contribution in [2.45, 2.75) is 128 Å². The smallest absolute Gasteiger partial charge is 0.326 e. The van der Waals surface area contributed by atoms with Crippen LogP contribution in [0, 0.1) is 0 Å². The van der Waals surface area contributed by atoms with E-state index in [1.54, 1.807) is 0 Å². The van der Waals surface area contributed by atoms with Crippen LogP contribution in [0.25, 0.3) is 0 Å². The number of amides is 3. The number of aliphatic carboxylic acids is 3. The fourth-order valence-electron chi connectivity index (χ4n) is 3.93. The molecule has 0 bridgehead atoms. The first-order valence-corrected chi connectivity index (χ1v) is 14.1. The molecule has 0 aliphatic heterocycles. The van der Waals surface area contributed by atoms with E-state index in [0.717, 1.165) is 64.2 Å². The standard InChI is InChI=1S/C27H47N3O9/c1-2-19-28-22(31)17-15-20(26(36)37)30-24(33)18-16-21(27(38)39)29-23(32)13-11-9-7-5-3-4-6-8-10-12-14-25(34)35/h20-21H,2-19H2,1H3,(H,28,31)(H,29,32)(H,30,33)(H,34,35)(H,36,37)(H,38,39)/t20-,21-/m0/s1. The van der Waals surface area contributed by atoms with Gasteiger partial charge >= 0.3 is 17.9 Å². The number of carboxylic acid groups (broad SMARTS) is 3. The Morgan fingerprint density at radius 1 is 0.538 bits per heavy atom. The third kappa shape index (κ3) is 21.4. The number of carbonyl (C=O) groups is 6. The second-order valence-corrected chi connectivity index (χ2v) is 9.77. The molecular weight excluding hydrogens is 510 g/mol. The van der Waals surface area contributed by atoms with Crippen molar-refractivity contribution in [2.24, 2.45) is 0 Å². The summed E-state index contributed by atoms with van der Waals surface area (Å²) in [5, 5.41) is 34.7. The van der Waals surface area contributed by atoms with Gasteiger partial charge in [0.05, 0.1) is 0 Å². The molecule has 0 aromatic rings. The fraction of sp³-hybridized carbons (Fsp3) is 0.778. The van der Waals surface area contributed by atoms with Gasteiger partial charge in [0.15, 0.2) is 0 Å². The molecule has 0 radical (unpaired) electrons. The van der Waals surface area contributed by atoms with Crippen LogP contribution in [0.2, 0.25) is 0 Å². The molecule has 224 valence electrons. The van der Waals surface area contributed by atoms with E-state index >= 15 is 0 Å². The number of hydrogen-bond donors (Lipinski definition) is 6. The van der Waals surface area contributed by atoms with Gasteiger partial charge in [0.1, 0.15) is 12.1 Å². The minimum Gasteiger partial charge on any atom is -0.481 e. The largest absolute Gasteiger partial charge is 0.481 e. The van der Waals surface area contributed by atoms with Crippen molar-refractivity contribution in [2.75, 3.05) is 6.54 Å². The van der Waals surface area contributed by atoms with Crippen LogP contribution in [0.1, 0.15) is 116 Å². The zero-order chi connectivity index (χ0) is 29.5. The van der Waals surface area contributed by atoms with Crippen LogP contribution in [0.15, 0.2) is 0 Å². The maximum Gasteiger partial charge on any atom is 0.326 e. The summed E-state index contributed by atoms with van der Waals surface area (Å²) in [4.78, 5) is 69.4. The van der Waals surface area contributed by atoms with Gasteiger partial charge in [-0.15, -0.1) is 0 Å². The SMILES string of the molecule is CCCNC(=O)CC[C@H](NC(=O)CC[C@H](NC(=O)CCCCCCCCCCCCC(=O)O)C(=O)O)C(=O)O. The Morgan fingerprint density at radius 3 is 1.33 bits per heavy atom. The van der Waals surface area contributed by atoms with Crippen molar-refractivity contribution in [1.29, 1.82) is 0 Å². The van der Waals surface area contributed by atoms with Gasteiger partial charge in [-0.1, -0.05) is 58.3 Å². The van der Waals surface area contributed by atoms with E-state index in [9.17, 15) is 39.0 Å². The number of rotatable bonds is 25. The van der Waals surface area contributed by atoms with E-state index in [4.69, 9.17) is 5.11 Å². The van der Waals surface area contributed by atoms with Crippen LogP contribution in [0.3, 0.4) is 0 Å². The summed E-state index contributed by atoms with van der Waals surface area (Å²) in [5.74, 6) is -4.71. The molecule has 0 aromatic heterocycles. The van der Waals surface area contributed by atoms with E-state index in [-0.39, 0.29) is 44.4 Å². The Hall–Kier alpha value is -3.18. The first-order valence-electron chi connectivity index (χ1n) is 14.1. The number of nitrogens with one attached hydrogen (secondary N) is 3. The van der Waals surface area contributed by atoms with Gasteiger partial charge in [0.2, 0.25) is 17.7 Å². The number of hydrogen-bond acceptors (Lipinski definition) is 6. The summed E-state index contributed by atoms with van der Waals surface area (Å²) in [5.41, 5.74) is 0. The summed E-state index contributed by atoms with van der Waals surface area (Å²) in [6, 6.07) is -2.53. The molecule has 0 rings (SSSR count). The lowest BCUT2D eigenvalue weighted by Gasteiger charge is -2.17. The number of carbonyl (C=O) groups excluding carboxylic acids is 3. The summed E-state index contributed by atoms with van der Waals surface area (Å²) < 4.78 is 0. The fourth-order valence-corrected chi connectivity index (χ4v) is 3.93. The van der Waals surface area contributed by atoms with Crippen molar-refractivity contribution in [3.05, 3.63) is 0 Å². The predicted octanol–water partition coefficient (Wildman–Crippen LogP) is 2.98. The number of unbranched alkanes of at least 4 members (excludes halogenated alkanes) is 9. The van der Waals surface area contributed by atoms with Crippen LogP contribution in [0.4, 0.5) is 0 Å². The third-order valence-corrected chi connectivity index (χ3v) is 6.20. The molecule has 39 heavy (non-hydrogen) atoms. The van der Waals surface area contributed by atoms with Crippen LogP contribution in [0.5, 0.6) is 0 Å². The average Bonchev–Trinajstić information content (AvgIpc) is 2.87. The monoisotopic (exact) mass is 557 g/mol. The Bertz CT molecular complexity index is 774. The highest BCUT2D eigenvalue weighted by Crippen LogP contribution is 2.12. The van der Waals surface area contributed by atoms with Crippen LogP contribution in [-0.2, 0) is 28.8 Å². The molecule has 0 aliphatic carbocycles. The second-order valence-electron chi connectivity index (χ2n) is 9.77. The molecule has 0 spiro atoms. The number of carboxylic acids is 3. The molecule has 12 heteroatoms. The van der Waals surface area contributed by atoms with Crippen molar-refractivity contribution >= 4 is 35.6 Å². The van der Waals surface area contributed by atoms with Crippen molar-refractivity contribution in [3.63, 3.8) is 0 Å². The molecule has 0 aliphatic rings. The summed E-state index contributed by atoms with van der Waals surface area (Å²) in [6.07, 6.45) is 9.97. The van der Waals surface area contributed by atoms with E-state index in [0.29, 0.717) is 13.0 Å². The summed E-state index contributed by atoms with van der Waals surface area (Å²) >= 11 is 0. The van der Waals surface area contributed by atoms with Gasteiger partial charge in [-0.2, -0.15) is 0 Å². The molecular formula is C27H47N3O9. The zero-order valence-electron chi connectivity index (χ0n) is 23.2. The minimum absolute atomic E-state index is 0.0682. The van der Waals surface area contributed by atoms with Crippen molar-refractivity contribution in [1.82, 2.24) is 16.0 Å².